The maximum Gasteiger partial charge on any atom is 0.251 e. The highest BCUT2D eigenvalue weighted by Gasteiger charge is 2.12. The molecule has 0 aliphatic carbocycles. The van der Waals surface area contributed by atoms with Gasteiger partial charge in [0.2, 0.25) is 0 Å². The van der Waals surface area contributed by atoms with Crippen molar-refractivity contribution in [3.63, 3.8) is 0 Å². The largest absolute Gasteiger partial charge is 0.383 e. The van der Waals surface area contributed by atoms with Crippen molar-refractivity contribution in [1.29, 1.82) is 0 Å². The van der Waals surface area contributed by atoms with E-state index in [1.54, 1.807) is 13.2 Å². The number of carbonyl (C=O) groups is 1. The van der Waals surface area contributed by atoms with Crippen LogP contribution >= 0.6 is 0 Å². The van der Waals surface area contributed by atoms with Gasteiger partial charge in [0.1, 0.15) is 5.82 Å². The number of carbonyl (C=O) groups excluding carboxylic acids is 1. The van der Waals surface area contributed by atoms with E-state index in [0.29, 0.717) is 12.2 Å². The second-order valence-corrected chi connectivity index (χ2v) is 3.54. The van der Waals surface area contributed by atoms with Gasteiger partial charge >= 0.3 is 0 Å². The van der Waals surface area contributed by atoms with E-state index in [4.69, 9.17) is 4.74 Å². The summed E-state index contributed by atoms with van der Waals surface area (Å²) in [6.07, 6.45) is 0.773. The van der Waals surface area contributed by atoms with Crippen LogP contribution in [-0.4, -0.2) is 25.7 Å². The van der Waals surface area contributed by atoms with Crippen molar-refractivity contribution in [3.05, 3.63) is 35.6 Å². The molecule has 0 spiro atoms. The van der Waals surface area contributed by atoms with E-state index in [9.17, 15) is 9.18 Å². The Morgan fingerprint density at radius 3 is 2.88 bits per heavy atom. The van der Waals surface area contributed by atoms with E-state index in [0.717, 1.165) is 6.42 Å². The summed E-state index contributed by atoms with van der Waals surface area (Å²) in [5.41, 5.74) is 0.328. The number of ether oxygens (including phenoxy) is 1. The van der Waals surface area contributed by atoms with Gasteiger partial charge in [0, 0.05) is 12.7 Å². The highest BCUT2D eigenvalue weighted by molar-refractivity contribution is 5.94. The van der Waals surface area contributed by atoms with Crippen molar-refractivity contribution >= 4 is 5.91 Å². The Hall–Kier alpha value is -1.42. The van der Waals surface area contributed by atoms with Crippen LogP contribution in [0.1, 0.15) is 23.7 Å². The van der Waals surface area contributed by atoms with Gasteiger partial charge in [0.05, 0.1) is 12.6 Å². The summed E-state index contributed by atoms with van der Waals surface area (Å²) in [5, 5.41) is 2.78. The standard InChI is InChI=1S/C12H16FNO2/c1-3-11(8-16-2)14-12(15)9-5-4-6-10(13)7-9/h4-7,11H,3,8H2,1-2H3,(H,14,15)/t11-/m1/s1. The van der Waals surface area contributed by atoms with Gasteiger partial charge in [-0.1, -0.05) is 13.0 Å². The lowest BCUT2D eigenvalue weighted by molar-refractivity contribution is 0.0894. The van der Waals surface area contributed by atoms with E-state index in [1.807, 2.05) is 6.92 Å². The third-order valence-corrected chi connectivity index (χ3v) is 2.28. The summed E-state index contributed by atoms with van der Waals surface area (Å²) in [5.74, 6) is -0.684. The fraction of sp³-hybridized carbons (Fsp3) is 0.417. The molecule has 0 aliphatic heterocycles. The monoisotopic (exact) mass is 225 g/mol. The van der Waals surface area contributed by atoms with E-state index >= 15 is 0 Å². The van der Waals surface area contributed by atoms with Crippen LogP contribution in [0.4, 0.5) is 4.39 Å². The Morgan fingerprint density at radius 2 is 2.31 bits per heavy atom. The molecule has 4 heteroatoms. The first-order chi connectivity index (χ1) is 7.67. The van der Waals surface area contributed by atoms with Crippen molar-refractivity contribution in [1.82, 2.24) is 5.32 Å². The minimum Gasteiger partial charge on any atom is -0.383 e. The molecule has 0 bridgehead atoms. The number of hydrogen-bond donors (Lipinski definition) is 1. The Kier molecular flexibility index (Phi) is 4.92. The topological polar surface area (TPSA) is 38.3 Å². The van der Waals surface area contributed by atoms with Crippen molar-refractivity contribution in [3.8, 4) is 0 Å². The number of benzene rings is 1. The quantitative estimate of drug-likeness (QED) is 0.832. The van der Waals surface area contributed by atoms with Crippen LogP contribution in [0, 0.1) is 5.82 Å². The van der Waals surface area contributed by atoms with E-state index < -0.39 is 5.82 Å². The molecule has 3 nitrogen and oxygen atoms in total. The van der Waals surface area contributed by atoms with Gasteiger partial charge in [-0.25, -0.2) is 4.39 Å². The molecular weight excluding hydrogens is 209 g/mol. The number of halogens is 1. The molecule has 0 radical (unpaired) electrons. The predicted octanol–water partition coefficient (Wildman–Crippen LogP) is 1.98. The summed E-state index contributed by atoms with van der Waals surface area (Å²) < 4.78 is 17.9. The smallest absolute Gasteiger partial charge is 0.251 e. The summed E-state index contributed by atoms with van der Waals surface area (Å²) in [7, 11) is 1.58. The molecule has 0 heterocycles. The van der Waals surface area contributed by atoms with Crippen molar-refractivity contribution in [2.75, 3.05) is 13.7 Å². The Labute approximate surface area is 94.6 Å². The van der Waals surface area contributed by atoms with Crippen molar-refractivity contribution in [2.24, 2.45) is 0 Å². The second-order valence-electron chi connectivity index (χ2n) is 3.54. The van der Waals surface area contributed by atoms with Gasteiger partial charge in [-0.3, -0.25) is 4.79 Å². The summed E-state index contributed by atoms with van der Waals surface area (Å²) >= 11 is 0. The van der Waals surface area contributed by atoms with Crippen LogP contribution in [0.5, 0.6) is 0 Å². The van der Waals surface area contributed by atoms with Gasteiger partial charge in [-0.05, 0) is 24.6 Å². The molecule has 88 valence electrons. The summed E-state index contributed by atoms with van der Waals surface area (Å²) in [4.78, 5) is 11.7. The van der Waals surface area contributed by atoms with Gasteiger partial charge in [-0.15, -0.1) is 0 Å². The maximum absolute atomic E-state index is 12.9. The molecule has 0 unspecified atom stereocenters. The maximum atomic E-state index is 12.9. The van der Waals surface area contributed by atoms with Crippen LogP contribution in [0.3, 0.4) is 0 Å². The van der Waals surface area contributed by atoms with Crippen molar-refractivity contribution < 1.29 is 13.9 Å². The molecule has 0 fully saturated rings. The fourth-order valence-electron chi connectivity index (χ4n) is 1.36. The number of amides is 1. The number of nitrogens with one attached hydrogen (secondary N) is 1. The average Bonchev–Trinajstić information content (AvgIpc) is 2.28. The molecule has 0 saturated carbocycles. The van der Waals surface area contributed by atoms with E-state index in [1.165, 1.54) is 18.2 Å². The Morgan fingerprint density at radius 1 is 1.56 bits per heavy atom. The zero-order valence-corrected chi connectivity index (χ0v) is 9.50. The first-order valence-electron chi connectivity index (χ1n) is 5.22. The minimum absolute atomic E-state index is 0.0410. The van der Waals surface area contributed by atoms with Gasteiger partial charge < -0.3 is 10.1 Å². The highest BCUT2D eigenvalue weighted by atomic mass is 19.1. The van der Waals surface area contributed by atoms with Gasteiger partial charge in [-0.2, -0.15) is 0 Å². The number of methoxy groups -OCH3 is 1. The van der Waals surface area contributed by atoms with Crippen LogP contribution in [0.2, 0.25) is 0 Å². The Balaban J connectivity index is 2.64. The zero-order chi connectivity index (χ0) is 12.0. The van der Waals surface area contributed by atoms with E-state index in [-0.39, 0.29) is 11.9 Å². The molecular formula is C12H16FNO2. The van der Waals surface area contributed by atoms with Crippen LogP contribution < -0.4 is 5.32 Å². The zero-order valence-electron chi connectivity index (χ0n) is 9.50. The number of hydrogen-bond acceptors (Lipinski definition) is 2. The molecule has 1 aromatic carbocycles. The SMILES string of the molecule is CC[C@H](COC)NC(=O)c1cccc(F)c1. The molecule has 0 aromatic heterocycles. The first kappa shape index (κ1) is 12.6. The molecule has 1 rings (SSSR count). The molecule has 1 aromatic rings. The van der Waals surface area contributed by atoms with Crippen LogP contribution in [-0.2, 0) is 4.74 Å². The minimum atomic E-state index is -0.410. The molecule has 0 saturated heterocycles. The molecule has 1 amide bonds. The van der Waals surface area contributed by atoms with Crippen LogP contribution in [0.15, 0.2) is 24.3 Å². The van der Waals surface area contributed by atoms with Crippen LogP contribution in [0.25, 0.3) is 0 Å². The number of rotatable bonds is 5. The Bertz CT molecular complexity index is 355. The lowest BCUT2D eigenvalue weighted by Crippen LogP contribution is -2.37. The molecule has 1 atom stereocenters. The predicted molar refractivity (Wildman–Crippen MR) is 59.8 cm³/mol. The lowest BCUT2D eigenvalue weighted by Gasteiger charge is -2.15. The van der Waals surface area contributed by atoms with E-state index in [2.05, 4.69) is 5.32 Å². The van der Waals surface area contributed by atoms with Gasteiger partial charge in [0.25, 0.3) is 5.91 Å². The molecule has 16 heavy (non-hydrogen) atoms. The summed E-state index contributed by atoms with van der Waals surface area (Å²) in [6, 6.07) is 5.58. The molecule has 0 aliphatic rings. The fourth-order valence-corrected chi connectivity index (χ4v) is 1.36. The van der Waals surface area contributed by atoms with Gasteiger partial charge in [0.15, 0.2) is 0 Å². The third-order valence-electron chi connectivity index (χ3n) is 2.28. The normalized spacial score (nSPS) is 12.2. The van der Waals surface area contributed by atoms with Crippen molar-refractivity contribution in [2.45, 2.75) is 19.4 Å². The lowest BCUT2D eigenvalue weighted by atomic mass is 10.1. The second kappa shape index (κ2) is 6.23. The average molecular weight is 225 g/mol. The first-order valence-corrected chi connectivity index (χ1v) is 5.22. The molecule has 1 N–H and O–H groups in total. The highest BCUT2D eigenvalue weighted by Crippen LogP contribution is 2.04. The third kappa shape index (κ3) is 3.62. The summed E-state index contributed by atoms with van der Waals surface area (Å²) in [6.45, 7) is 2.41.